The van der Waals surface area contributed by atoms with Crippen molar-refractivity contribution in [2.75, 3.05) is 21.3 Å². The van der Waals surface area contributed by atoms with E-state index in [1.54, 1.807) is 45.2 Å². The molecule has 1 aromatic rings. The van der Waals surface area contributed by atoms with Crippen LogP contribution in [-0.4, -0.2) is 32.9 Å². The Morgan fingerprint density at radius 2 is 1.67 bits per heavy atom. The number of ether oxygens (including phenoxy) is 4. The second-order valence-electron chi connectivity index (χ2n) is 5.58. The zero-order chi connectivity index (χ0) is 17.9. The predicted molar refractivity (Wildman–Crippen MR) is 87.9 cm³/mol. The summed E-state index contributed by atoms with van der Waals surface area (Å²) in [5.74, 6) is 1.07. The SMILES string of the molecule is COc1cc(OC)c(C=CC2=C(C#N)C(=O)OC2(C)C)c(OC)c1. The number of nitriles is 1. The van der Waals surface area contributed by atoms with E-state index in [-0.39, 0.29) is 5.57 Å². The van der Waals surface area contributed by atoms with Crippen molar-refractivity contribution in [2.24, 2.45) is 0 Å². The molecule has 0 aliphatic carbocycles. The fraction of sp³-hybridized carbons (Fsp3) is 0.333. The minimum Gasteiger partial charge on any atom is -0.496 e. The van der Waals surface area contributed by atoms with Crippen molar-refractivity contribution in [1.29, 1.82) is 5.26 Å². The zero-order valence-corrected chi connectivity index (χ0v) is 14.3. The van der Waals surface area contributed by atoms with Gasteiger partial charge in [0.25, 0.3) is 0 Å². The van der Waals surface area contributed by atoms with Crippen molar-refractivity contribution in [3.8, 4) is 23.3 Å². The van der Waals surface area contributed by atoms with Gasteiger partial charge in [-0.25, -0.2) is 4.79 Å². The van der Waals surface area contributed by atoms with Crippen LogP contribution < -0.4 is 14.2 Å². The number of hydrogen-bond acceptors (Lipinski definition) is 6. The molecule has 0 bridgehead atoms. The van der Waals surface area contributed by atoms with Crippen molar-refractivity contribution in [1.82, 2.24) is 0 Å². The molecule has 2 rings (SSSR count). The lowest BCUT2D eigenvalue weighted by molar-refractivity contribution is -0.144. The van der Waals surface area contributed by atoms with Gasteiger partial charge in [-0.15, -0.1) is 0 Å². The highest BCUT2D eigenvalue weighted by atomic mass is 16.6. The summed E-state index contributed by atoms with van der Waals surface area (Å²) in [6, 6.07) is 5.35. The monoisotopic (exact) mass is 329 g/mol. The number of benzene rings is 1. The summed E-state index contributed by atoms with van der Waals surface area (Å²) in [4.78, 5) is 11.8. The van der Waals surface area contributed by atoms with Gasteiger partial charge >= 0.3 is 5.97 Å². The average Bonchev–Trinajstić information content (AvgIpc) is 2.79. The van der Waals surface area contributed by atoms with Crippen LogP contribution in [0.4, 0.5) is 0 Å². The second-order valence-corrected chi connectivity index (χ2v) is 5.58. The van der Waals surface area contributed by atoms with Crippen molar-refractivity contribution in [3.05, 3.63) is 34.9 Å². The van der Waals surface area contributed by atoms with E-state index < -0.39 is 11.6 Å². The van der Waals surface area contributed by atoms with Gasteiger partial charge in [-0.3, -0.25) is 0 Å². The predicted octanol–water partition coefficient (Wildman–Crippen LogP) is 2.88. The van der Waals surface area contributed by atoms with Crippen LogP contribution in [0, 0.1) is 11.3 Å². The summed E-state index contributed by atoms with van der Waals surface area (Å²) in [6.07, 6.45) is 3.41. The average molecular weight is 329 g/mol. The van der Waals surface area contributed by atoms with Crippen molar-refractivity contribution in [2.45, 2.75) is 19.4 Å². The Bertz CT molecular complexity index is 743. The lowest BCUT2D eigenvalue weighted by Gasteiger charge is -2.19. The third-order valence-corrected chi connectivity index (χ3v) is 3.75. The van der Waals surface area contributed by atoms with Crippen LogP contribution in [0.3, 0.4) is 0 Å². The van der Waals surface area contributed by atoms with Crippen LogP contribution in [0.25, 0.3) is 6.08 Å². The molecule has 0 saturated heterocycles. The van der Waals surface area contributed by atoms with E-state index in [2.05, 4.69) is 0 Å². The lowest BCUT2D eigenvalue weighted by atomic mass is 9.95. The van der Waals surface area contributed by atoms with E-state index in [4.69, 9.17) is 18.9 Å². The van der Waals surface area contributed by atoms with Gasteiger partial charge in [0.05, 0.1) is 26.9 Å². The number of nitrogens with zero attached hydrogens (tertiary/aromatic N) is 1. The largest absolute Gasteiger partial charge is 0.496 e. The van der Waals surface area contributed by atoms with Crippen molar-refractivity contribution >= 4 is 12.0 Å². The van der Waals surface area contributed by atoms with E-state index in [0.717, 1.165) is 0 Å². The van der Waals surface area contributed by atoms with E-state index in [9.17, 15) is 10.1 Å². The molecule has 0 amide bonds. The molecule has 0 radical (unpaired) electrons. The Kier molecular flexibility index (Phi) is 4.84. The Balaban J connectivity index is 2.55. The number of esters is 1. The molecule has 0 unspecified atom stereocenters. The molecule has 0 aromatic heterocycles. The summed E-state index contributed by atoms with van der Waals surface area (Å²) in [5.41, 5.74) is 0.310. The van der Waals surface area contributed by atoms with Crippen molar-refractivity contribution in [3.63, 3.8) is 0 Å². The summed E-state index contributed by atoms with van der Waals surface area (Å²) < 4.78 is 21.2. The molecular formula is C18H19NO5. The smallest absolute Gasteiger partial charge is 0.350 e. The van der Waals surface area contributed by atoms with Crippen LogP contribution in [0.2, 0.25) is 0 Å². The first-order valence-electron chi connectivity index (χ1n) is 7.24. The van der Waals surface area contributed by atoms with E-state index in [1.807, 2.05) is 6.07 Å². The minimum absolute atomic E-state index is 0.00250. The van der Waals surface area contributed by atoms with Gasteiger partial charge in [-0.1, -0.05) is 6.08 Å². The Labute approximate surface area is 140 Å². The van der Waals surface area contributed by atoms with Gasteiger partial charge in [0.15, 0.2) is 0 Å². The van der Waals surface area contributed by atoms with E-state index in [0.29, 0.717) is 28.4 Å². The maximum atomic E-state index is 11.8. The van der Waals surface area contributed by atoms with Gasteiger partial charge < -0.3 is 18.9 Å². The van der Waals surface area contributed by atoms with Gasteiger partial charge in [0.1, 0.15) is 34.5 Å². The fourth-order valence-electron chi connectivity index (χ4n) is 2.50. The second kappa shape index (κ2) is 6.67. The van der Waals surface area contributed by atoms with Gasteiger partial charge in [0, 0.05) is 17.7 Å². The molecule has 6 heteroatoms. The summed E-state index contributed by atoms with van der Waals surface area (Å²) in [6.45, 7) is 3.47. The Morgan fingerprint density at radius 1 is 1.08 bits per heavy atom. The van der Waals surface area contributed by atoms with Crippen LogP contribution in [0.5, 0.6) is 17.2 Å². The Morgan fingerprint density at radius 3 is 2.12 bits per heavy atom. The topological polar surface area (TPSA) is 77.8 Å². The summed E-state index contributed by atoms with van der Waals surface area (Å²) in [7, 11) is 4.63. The minimum atomic E-state index is -0.869. The van der Waals surface area contributed by atoms with Crippen LogP contribution in [0.15, 0.2) is 29.4 Å². The first kappa shape index (κ1) is 17.4. The standard InChI is InChI=1S/C18H19NO5/c1-18(2)14(13(10-19)17(20)24-18)7-6-12-15(22-4)8-11(21-3)9-16(12)23-5/h6-9H,1-5H3. The maximum Gasteiger partial charge on any atom is 0.350 e. The highest BCUT2D eigenvalue weighted by Gasteiger charge is 2.39. The molecule has 1 heterocycles. The fourth-order valence-corrected chi connectivity index (χ4v) is 2.50. The molecule has 0 fully saturated rings. The molecule has 24 heavy (non-hydrogen) atoms. The van der Waals surface area contributed by atoms with Gasteiger partial charge in [-0.2, -0.15) is 5.26 Å². The number of cyclic esters (lactones) is 1. The molecule has 0 N–H and O–H groups in total. The first-order valence-corrected chi connectivity index (χ1v) is 7.24. The van der Waals surface area contributed by atoms with Crippen LogP contribution in [0.1, 0.15) is 19.4 Å². The quantitative estimate of drug-likeness (QED) is 0.773. The Hall–Kier alpha value is -2.94. The molecule has 0 spiro atoms. The zero-order valence-electron chi connectivity index (χ0n) is 14.3. The number of rotatable bonds is 5. The lowest BCUT2D eigenvalue weighted by Crippen LogP contribution is -2.22. The molecular weight excluding hydrogens is 310 g/mol. The molecule has 0 saturated carbocycles. The molecule has 1 aliphatic heterocycles. The van der Waals surface area contributed by atoms with E-state index in [1.165, 1.54) is 14.2 Å². The third kappa shape index (κ3) is 3.06. The molecule has 1 aliphatic rings. The first-order chi connectivity index (χ1) is 11.4. The molecule has 1 aromatic carbocycles. The van der Waals surface area contributed by atoms with E-state index >= 15 is 0 Å². The molecule has 0 atom stereocenters. The number of carbonyl (C=O) groups excluding carboxylic acids is 1. The highest BCUT2D eigenvalue weighted by molar-refractivity contribution is 5.98. The van der Waals surface area contributed by atoms with Gasteiger partial charge in [-0.05, 0) is 19.9 Å². The van der Waals surface area contributed by atoms with Crippen LogP contribution >= 0.6 is 0 Å². The summed E-state index contributed by atoms with van der Waals surface area (Å²) in [5, 5.41) is 9.20. The molecule has 6 nitrogen and oxygen atoms in total. The third-order valence-electron chi connectivity index (χ3n) is 3.75. The normalized spacial score (nSPS) is 16.1. The molecule has 126 valence electrons. The number of hydrogen-bond donors (Lipinski definition) is 0. The van der Waals surface area contributed by atoms with Crippen LogP contribution in [-0.2, 0) is 9.53 Å². The maximum absolute atomic E-state index is 11.8. The highest BCUT2D eigenvalue weighted by Crippen LogP contribution is 2.37. The van der Waals surface area contributed by atoms with Crippen molar-refractivity contribution < 1.29 is 23.7 Å². The van der Waals surface area contributed by atoms with Gasteiger partial charge in [0.2, 0.25) is 0 Å². The number of carbonyl (C=O) groups is 1. The number of methoxy groups -OCH3 is 3. The summed E-state index contributed by atoms with van der Waals surface area (Å²) >= 11 is 0.